The van der Waals surface area contributed by atoms with Crippen molar-refractivity contribution in [2.45, 2.75) is 20.8 Å². The summed E-state index contributed by atoms with van der Waals surface area (Å²) in [6, 6.07) is 25.8. The first-order valence-corrected chi connectivity index (χ1v) is 9.60. The second kappa shape index (κ2) is 6.89. The molecule has 0 N–H and O–H groups in total. The molecule has 0 atom stereocenters. The number of aromatic nitrogens is 1. The molecule has 1 aromatic heterocycles. The van der Waals surface area contributed by atoms with Crippen LogP contribution in [0.5, 0.6) is 0 Å². The highest BCUT2D eigenvalue weighted by atomic mass is 32.1. The maximum Gasteiger partial charge on any atom is 0.0849 e. The van der Waals surface area contributed by atoms with Crippen LogP contribution in [-0.2, 0) is 0 Å². The Kier molecular flexibility index (Phi) is 4.44. The zero-order valence-corrected chi connectivity index (χ0v) is 16.1. The second-order valence-electron chi connectivity index (χ2n) is 6.74. The molecule has 0 saturated heterocycles. The number of nitrogens with zero attached hydrogens (tertiary/aromatic N) is 1. The summed E-state index contributed by atoms with van der Waals surface area (Å²) in [6.45, 7) is 6.53. The summed E-state index contributed by atoms with van der Waals surface area (Å²) in [5, 5.41) is 0. The Hall–Kier alpha value is -2.71. The van der Waals surface area contributed by atoms with Crippen molar-refractivity contribution in [1.82, 2.24) is 4.37 Å². The molecule has 4 aromatic rings. The van der Waals surface area contributed by atoms with Gasteiger partial charge in [-0.15, -0.1) is 0 Å². The predicted molar refractivity (Wildman–Crippen MR) is 113 cm³/mol. The lowest BCUT2D eigenvalue weighted by Gasteiger charge is -2.11. The lowest BCUT2D eigenvalue weighted by atomic mass is 9.94. The maximum absolute atomic E-state index is 4.73. The largest absolute Gasteiger partial charge is 0.192 e. The van der Waals surface area contributed by atoms with Gasteiger partial charge >= 0.3 is 0 Å². The van der Waals surface area contributed by atoms with Crippen LogP contribution in [0.25, 0.3) is 32.8 Å². The summed E-state index contributed by atoms with van der Waals surface area (Å²) in [5.41, 5.74) is 9.97. The smallest absolute Gasteiger partial charge is 0.0849 e. The zero-order chi connectivity index (χ0) is 18.1. The Bertz CT molecular complexity index is 1040. The van der Waals surface area contributed by atoms with E-state index in [0.29, 0.717) is 0 Å². The third-order valence-corrected chi connectivity index (χ3v) is 5.62. The molecule has 0 aliphatic rings. The molecule has 128 valence electrons. The van der Waals surface area contributed by atoms with Gasteiger partial charge in [0.05, 0.1) is 10.6 Å². The lowest BCUT2D eigenvalue weighted by molar-refractivity contribution is 1.39. The fourth-order valence-electron chi connectivity index (χ4n) is 3.53. The molecule has 0 amide bonds. The van der Waals surface area contributed by atoms with Gasteiger partial charge in [0.1, 0.15) is 0 Å². The van der Waals surface area contributed by atoms with E-state index in [9.17, 15) is 0 Å². The first-order chi connectivity index (χ1) is 12.6. The van der Waals surface area contributed by atoms with Crippen molar-refractivity contribution in [2.24, 2.45) is 0 Å². The van der Waals surface area contributed by atoms with Crippen LogP contribution in [-0.4, -0.2) is 4.37 Å². The summed E-state index contributed by atoms with van der Waals surface area (Å²) in [5.74, 6) is 0. The minimum Gasteiger partial charge on any atom is -0.192 e. The average Bonchev–Trinajstić information content (AvgIpc) is 3.11. The van der Waals surface area contributed by atoms with Gasteiger partial charge in [0.25, 0.3) is 0 Å². The Morgan fingerprint density at radius 3 is 2.00 bits per heavy atom. The van der Waals surface area contributed by atoms with E-state index in [0.717, 1.165) is 5.69 Å². The standard InChI is InChI=1S/C24H21NS/c1-16-9-7-8-12-21(16)22-15-23(26-25-22)24-17(2)13-20(14-18(24)3)19-10-5-4-6-11-19/h4-15H,1-3H3. The van der Waals surface area contributed by atoms with Gasteiger partial charge in [0.2, 0.25) is 0 Å². The normalized spacial score (nSPS) is 10.9. The Morgan fingerprint density at radius 2 is 1.31 bits per heavy atom. The second-order valence-corrected chi connectivity index (χ2v) is 7.55. The van der Waals surface area contributed by atoms with Crippen LogP contribution in [0, 0.1) is 20.8 Å². The van der Waals surface area contributed by atoms with Crippen molar-refractivity contribution in [3.63, 3.8) is 0 Å². The van der Waals surface area contributed by atoms with E-state index < -0.39 is 0 Å². The molecule has 2 heteroatoms. The molecular formula is C24H21NS. The predicted octanol–water partition coefficient (Wildman–Crippen LogP) is 7.07. The van der Waals surface area contributed by atoms with Crippen LogP contribution in [0.15, 0.2) is 72.8 Å². The molecule has 0 bridgehead atoms. The average molecular weight is 356 g/mol. The number of rotatable bonds is 3. The number of hydrogen-bond acceptors (Lipinski definition) is 2. The highest BCUT2D eigenvalue weighted by Gasteiger charge is 2.13. The van der Waals surface area contributed by atoms with Gasteiger partial charge in [0, 0.05) is 5.56 Å². The van der Waals surface area contributed by atoms with Crippen LogP contribution in [0.4, 0.5) is 0 Å². The molecule has 0 saturated carbocycles. The highest BCUT2D eigenvalue weighted by Crippen LogP contribution is 2.36. The van der Waals surface area contributed by atoms with Crippen molar-refractivity contribution in [1.29, 1.82) is 0 Å². The quantitative estimate of drug-likeness (QED) is 0.383. The third kappa shape index (κ3) is 3.09. The monoisotopic (exact) mass is 355 g/mol. The molecular weight excluding hydrogens is 334 g/mol. The van der Waals surface area contributed by atoms with E-state index in [-0.39, 0.29) is 0 Å². The van der Waals surface area contributed by atoms with E-state index >= 15 is 0 Å². The number of benzene rings is 3. The van der Waals surface area contributed by atoms with Crippen LogP contribution >= 0.6 is 11.5 Å². The molecule has 0 unspecified atom stereocenters. The molecule has 1 nitrogen and oxygen atoms in total. The van der Waals surface area contributed by atoms with Crippen LogP contribution in [0.3, 0.4) is 0 Å². The van der Waals surface area contributed by atoms with Crippen LogP contribution in [0.1, 0.15) is 16.7 Å². The van der Waals surface area contributed by atoms with E-state index in [1.807, 2.05) is 0 Å². The van der Waals surface area contributed by atoms with E-state index in [1.54, 1.807) is 11.5 Å². The number of aryl methyl sites for hydroxylation is 3. The third-order valence-electron chi connectivity index (χ3n) is 4.82. The van der Waals surface area contributed by atoms with Gasteiger partial charge in [0.15, 0.2) is 0 Å². The van der Waals surface area contributed by atoms with Gasteiger partial charge in [-0.25, -0.2) is 0 Å². The van der Waals surface area contributed by atoms with Gasteiger partial charge < -0.3 is 0 Å². The topological polar surface area (TPSA) is 12.9 Å². The van der Waals surface area contributed by atoms with E-state index in [2.05, 4.69) is 93.6 Å². The molecule has 4 rings (SSSR count). The number of hydrogen-bond donors (Lipinski definition) is 0. The van der Waals surface area contributed by atoms with E-state index in [1.165, 1.54) is 43.8 Å². The van der Waals surface area contributed by atoms with Crippen molar-refractivity contribution < 1.29 is 0 Å². The molecule has 0 radical (unpaired) electrons. The van der Waals surface area contributed by atoms with Gasteiger partial charge in [-0.3, -0.25) is 0 Å². The summed E-state index contributed by atoms with van der Waals surface area (Å²) >= 11 is 1.59. The summed E-state index contributed by atoms with van der Waals surface area (Å²) in [7, 11) is 0. The van der Waals surface area contributed by atoms with Crippen LogP contribution < -0.4 is 0 Å². The molecule has 0 aliphatic heterocycles. The highest BCUT2D eigenvalue weighted by molar-refractivity contribution is 7.09. The van der Waals surface area contributed by atoms with E-state index in [4.69, 9.17) is 4.37 Å². The lowest BCUT2D eigenvalue weighted by Crippen LogP contribution is -1.89. The van der Waals surface area contributed by atoms with Crippen LogP contribution in [0.2, 0.25) is 0 Å². The van der Waals surface area contributed by atoms with Crippen molar-refractivity contribution in [2.75, 3.05) is 0 Å². The zero-order valence-electron chi connectivity index (χ0n) is 15.3. The van der Waals surface area contributed by atoms with Crippen molar-refractivity contribution in [3.8, 4) is 32.8 Å². The molecule has 0 spiro atoms. The summed E-state index contributed by atoms with van der Waals surface area (Å²) < 4.78 is 4.73. The Morgan fingerprint density at radius 1 is 0.654 bits per heavy atom. The first kappa shape index (κ1) is 16.7. The molecule has 0 aliphatic carbocycles. The van der Waals surface area contributed by atoms with Crippen molar-refractivity contribution in [3.05, 3.63) is 89.5 Å². The van der Waals surface area contributed by atoms with Gasteiger partial charge in [-0.05, 0) is 71.8 Å². The summed E-state index contributed by atoms with van der Waals surface area (Å²) in [6.07, 6.45) is 0. The Balaban J connectivity index is 1.77. The Labute approximate surface area is 159 Å². The molecule has 0 fully saturated rings. The maximum atomic E-state index is 4.73. The SMILES string of the molecule is Cc1ccccc1-c1cc(-c2c(C)cc(-c3ccccc3)cc2C)sn1. The minimum atomic E-state index is 1.06. The first-order valence-electron chi connectivity index (χ1n) is 8.83. The molecule has 3 aromatic carbocycles. The van der Waals surface area contributed by atoms with Crippen molar-refractivity contribution >= 4 is 11.5 Å². The summed E-state index contributed by atoms with van der Waals surface area (Å²) in [4.78, 5) is 1.23. The fourth-order valence-corrected chi connectivity index (χ4v) is 4.46. The fraction of sp³-hybridized carbons (Fsp3) is 0.125. The molecule has 26 heavy (non-hydrogen) atoms. The molecule has 1 heterocycles. The van der Waals surface area contributed by atoms with Gasteiger partial charge in [-0.2, -0.15) is 4.37 Å². The minimum absolute atomic E-state index is 1.06. The van der Waals surface area contributed by atoms with Gasteiger partial charge in [-0.1, -0.05) is 66.7 Å².